The Kier molecular flexibility index (Phi) is 4.35. The lowest BCUT2D eigenvalue weighted by molar-refractivity contribution is 0.0402. The molecule has 106 valence electrons. The first-order valence-corrected chi connectivity index (χ1v) is 7.05. The van der Waals surface area contributed by atoms with Crippen LogP contribution in [0, 0.1) is 5.41 Å². The van der Waals surface area contributed by atoms with E-state index in [2.05, 4.69) is 19.2 Å². The van der Waals surface area contributed by atoms with Gasteiger partial charge in [-0.15, -0.1) is 0 Å². The van der Waals surface area contributed by atoms with Gasteiger partial charge < -0.3 is 14.8 Å². The zero-order valence-electron chi connectivity index (χ0n) is 12.4. The molecule has 3 heteroatoms. The molecule has 0 saturated heterocycles. The predicted molar refractivity (Wildman–Crippen MR) is 77.9 cm³/mol. The van der Waals surface area contributed by atoms with Crippen LogP contribution < -0.4 is 14.8 Å². The molecule has 2 unspecified atom stereocenters. The molecule has 0 spiro atoms. The Morgan fingerprint density at radius 1 is 1.26 bits per heavy atom. The number of nitrogens with one attached hydrogen (secondary N) is 1. The van der Waals surface area contributed by atoms with Crippen LogP contribution in [0.4, 0.5) is 0 Å². The molecule has 19 heavy (non-hydrogen) atoms. The molecular weight excluding hydrogens is 238 g/mol. The third-order valence-corrected chi connectivity index (χ3v) is 4.16. The minimum absolute atomic E-state index is 0.223. The summed E-state index contributed by atoms with van der Waals surface area (Å²) in [5, 5.41) is 3.44. The van der Waals surface area contributed by atoms with E-state index in [0.29, 0.717) is 6.04 Å². The molecule has 1 N–H and O–H groups in total. The zero-order valence-corrected chi connectivity index (χ0v) is 12.4. The Labute approximate surface area is 116 Å². The van der Waals surface area contributed by atoms with E-state index in [1.54, 1.807) is 7.11 Å². The third kappa shape index (κ3) is 3.21. The predicted octanol–water partition coefficient (Wildman–Crippen LogP) is 3.24. The highest BCUT2D eigenvalue weighted by Gasteiger charge is 2.39. The lowest BCUT2D eigenvalue weighted by Gasteiger charge is -2.43. The van der Waals surface area contributed by atoms with Gasteiger partial charge in [-0.3, -0.25) is 0 Å². The van der Waals surface area contributed by atoms with Crippen molar-refractivity contribution in [3.05, 3.63) is 24.3 Å². The third-order valence-electron chi connectivity index (χ3n) is 4.16. The van der Waals surface area contributed by atoms with E-state index in [1.807, 2.05) is 31.3 Å². The Morgan fingerprint density at radius 3 is 2.68 bits per heavy atom. The van der Waals surface area contributed by atoms with Gasteiger partial charge in [0, 0.05) is 12.1 Å². The van der Waals surface area contributed by atoms with Gasteiger partial charge >= 0.3 is 0 Å². The normalized spacial score (nSPS) is 25.9. The summed E-state index contributed by atoms with van der Waals surface area (Å²) in [5.74, 6) is 1.73. The first-order chi connectivity index (χ1) is 9.06. The number of likely N-dealkylation sites (N-methyl/N-ethyl adjacent to an activating group) is 1. The quantitative estimate of drug-likeness (QED) is 0.904. The average Bonchev–Trinajstić information content (AvgIpc) is 2.38. The van der Waals surface area contributed by atoms with E-state index in [1.165, 1.54) is 12.8 Å². The van der Waals surface area contributed by atoms with Crippen LogP contribution in [0.5, 0.6) is 11.5 Å². The number of hydrogen-bond donors (Lipinski definition) is 1. The number of ether oxygens (including phenoxy) is 2. The maximum atomic E-state index is 6.19. The molecule has 1 aromatic rings. The molecule has 0 aromatic heterocycles. The van der Waals surface area contributed by atoms with Gasteiger partial charge in [-0.05, 0) is 43.9 Å². The fourth-order valence-electron chi connectivity index (χ4n) is 3.14. The molecule has 0 aliphatic heterocycles. The molecule has 0 heterocycles. The number of hydrogen-bond acceptors (Lipinski definition) is 3. The minimum Gasteiger partial charge on any atom is -0.497 e. The number of rotatable bonds is 4. The van der Waals surface area contributed by atoms with Gasteiger partial charge in [0.1, 0.15) is 17.6 Å². The van der Waals surface area contributed by atoms with Gasteiger partial charge in [0.2, 0.25) is 0 Å². The smallest absolute Gasteiger partial charge is 0.123 e. The van der Waals surface area contributed by atoms with Crippen molar-refractivity contribution in [2.75, 3.05) is 14.2 Å². The standard InChI is InChI=1S/C16H25NO2/c1-16(2)10-6-9-14(15(16)17-3)19-13-8-5-7-12(11-13)18-4/h5,7-8,11,14-15,17H,6,9-10H2,1-4H3. The minimum atomic E-state index is 0.223. The summed E-state index contributed by atoms with van der Waals surface area (Å²) in [6, 6.07) is 8.24. The summed E-state index contributed by atoms with van der Waals surface area (Å²) in [7, 11) is 3.71. The van der Waals surface area contributed by atoms with Crippen LogP contribution in [0.15, 0.2) is 24.3 Å². The molecule has 0 radical (unpaired) electrons. The van der Waals surface area contributed by atoms with Crippen LogP contribution in [-0.2, 0) is 0 Å². The van der Waals surface area contributed by atoms with E-state index >= 15 is 0 Å². The van der Waals surface area contributed by atoms with Crippen molar-refractivity contribution in [1.82, 2.24) is 5.32 Å². The molecule has 2 atom stereocenters. The largest absolute Gasteiger partial charge is 0.497 e. The molecule has 3 nitrogen and oxygen atoms in total. The molecule has 0 amide bonds. The summed E-state index contributed by atoms with van der Waals surface area (Å²) in [6.07, 6.45) is 3.79. The van der Waals surface area contributed by atoms with Crippen molar-refractivity contribution in [1.29, 1.82) is 0 Å². The summed E-state index contributed by atoms with van der Waals surface area (Å²) < 4.78 is 11.4. The van der Waals surface area contributed by atoms with Crippen molar-refractivity contribution < 1.29 is 9.47 Å². The summed E-state index contributed by atoms with van der Waals surface area (Å²) in [5.41, 5.74) is 0.274. The van der Waals surface area contributed by atoms with Crippen LogP contribution in [0.1, 0.15) is 33.1 Å². The van der Waals surface area contributed by atoms with E-state index < -0.39 is 0 Å². The van der Waals surface area contributed by atoms with Crippen molar-refractivity contribution >= 4 is 0 Å². The van der Waals surface area contributed by atoms with Gasteiger partial charge in [-0.2, -0.15) is 0 Å². The monoisotopic (exact) mass is 263 g/mol. The van der Waals surface area contributed by atoms with Crippen LogP contribution in [-0.4, -0.2) is 26.3 Å². The summed E-state index contributed by atoms with van der Waals surface area (Å²) in [4.78, 5) is 0. The van der Waals surface area contributed by atoms with Crippen LogP contribution in [0.25, 0.3) is 0 Å². The Morgan fingerprint density at radius 2 is 2.00 bits per heavy atom. The van der Waals surface area contributed by atoms with Crippen molar-refractivity contribution in [2.24, 2.45) is 5.41 Å². The topological polar surface area (TPSA) is 30.5 Å². The van der Waals surface area contributed by atoms with Crippen molar-refractivity contribution in [3.63, 3.8) is 0 Å². The summed E-state index contributed by atoms with van der Waals surface area (Å²) >= 11 is 0. The average molecular weight is 263 g/mol. The number of benzene rings is 1. The maximum absolute atomic E-state index is 6.19. The fourth-order valence-corrected chi connectivity index (χ4v) is 3.14. The molecule has 1 aliphatic carbocycles. The Balaban J connectivity index is 2.12. The van der Waals surface area contributed by atoms with Gasteiger partial charge in [0.15, 0.2) is 0 Å². The molecule has 0 bridgehead atoms. The fraction of sp³-hybridized carbons (Fsp3) is 0.625. The van der Waals surface area contributed by atoms with Gasteiger partial charge in [0.05, 0.1) is 7.11 Å². The highest BCUT2D eigenvalue weighted by Crippen LogP contribution is 2.37. The first-order valence-electron chi connectivity index (χ1n) is 7.05. The van der Waals surface area contributed by atoms with E-state index in [4.69, 9.17) is 9.47 Å². The second-order valence-corrected chi connectivity index (χ2v) is 5.98. The second-order valence-electron chi connectivity index (χ2n) is 5.98. The van der Waals surface area contributed by atoms with Gasteiger partial charge in [-0.1, -0.05) is 19.9 Å². The highest BCUT2D eigenvalue weighted by molar-refractivity contribution is 5.33. The molecule has 1 aliphatic rings. The lowest BCUT2D eigenvalue weighted by Crippen LogP contribution is -2.53. The molecule has 1 fully saturated rings. The zero-order chi connectivity index (χ0) is 13.9. The van der Waals surface area contributed by atoms with Gasteiger partial charge in [-0.25, -0.2) is 0 Å². The van der Waals surface area contributed by atoms with Gasteiger partial charge in [0.25, 0.3) is 0 Å². The molecule has 1 saturated carbocycles. The van der Waals surface area contributed by atoms with E-state index in [9.17, 15) is 0 Å². The van der Waals surface area contributed by atoms with E-state index in [0.717, 1.165) is 17.9 Å². The van der Waals surface area contributed by atoms with Crippen molar-refractivity contribution in [3.8, 4) is 11.5 Å². The molecule has 1 aromatic carbocycles. The van der Waals surface area contributed by atoms with Crippen molar-refractivity contribution in [2.45, 2.75) is 45.3 Å². The SMILES string of the molecule is CNC1C(Oc2cccc(OC)c2)CCCC1(C)C. The highest BCUT2D eigenvalue weighted by atomic mass is 16.5. The van der Waals surface area contributed by atoms with Crippen LogP contribution in [0.2, 0.25) is 0 Å². The molecule has 2 rings (SSSR count). The number of methoxy groups -OCH3 is 1. The second kappa shape index (κ2) is 5.83. The van der Waals surface area contributed by atoms with E-state index in [-0.39, 0.29) is 11.5 Å². The first kappa shape index (κ1) is 14.2. The Hall–Kier alpha value is -1.22. The summed E-state index contributed by atoms with van der Waals surface area (Å²) in [6.45, 7) is 4.63. The lowest BCUT2D eigenvalue weighted by atomic mass is 9.72. The van der Waals surface area contributed by atoms with Crippen LogP contribution in [0.3, 0.4) is 0 Å². The molecular formula is C16H25NO2. The maximum Gasteiger partial charge on any atom is 0.123 e. The van der Waals surface area contributed by atoms with Crippen LogP contribution >= 0.6 is 0 Å². The Bertz CT molecular complexity index is 417.